The number of hydrogen-bond acceptors (Lipinski definition) is 4. The van der Waals surface area contributed by atoms with Crippen LogP contribution in [0.5, 0.6) is 5.75 Å². The molecule has 0 fully saturated rings. The van der Waals surface area contributed by atoms with Crippen LogP contribution in [0.15, 0.2) is 70.2 Å². The standard InChI is InChI=1S/C27H31ClN2O3/c1-26(2,3)18-27(4,5)20-8-12-22(13-9-20)32-17-25(31)30-29-16-23-14-15-24(33-23)19-6-10-21(28)11-7-19/h6-16H,17-18H2,1-5H3,(H,30,31)/b29-16-. The molecule has 5 nitrogen and oxygen atoms in total. The van der Waals surface area contributed by atoms with Gasteiger partial charge in [-0.25, -0.2) is 5.43 Å². The molecule has 0 aliphatic heterocycles. The normalized spacial score (nSPS) is 12.2. The first-order valence-corrected chi connectivity index (χ1v) is 11.3. The van der Waals surface area contributed by atoms with Crippen LogP contribution in [0.2, 0.25) is 5.02 Å². The van der Waals surface area contributed by atoms with Crippen LogP contribution in [0, 0.1) is 5.41 Å². The molecule has 3 rings (SSSR count). The van der Waals surface area contributed by atoms with Crippen LogP contribution in [-0.2, 0) is 10.2 Å². The van der Waals surface area contributed by atoms with E-state index in [1.54, 1.807) is 18.2 Å². The van der Waals surface area contributed by atoms with Gasteiger partial charge in [-0.2, -0.15) is 5.10 Å². The summed E-state index contributed by atoms with van der Waals surface area (Å²) in [5, 5.41) is 4.60. The Morgan fingerprint density at radius 2 is 1.67 bits per heavy atom. The van der Waals surface area contributed by atoms with Gasteiger partial charge in [0.2, 0.25) is 0 Å². The molecule has 0 unspecified atom stereocenters. The Balaban J connectivity index is 1.48. The number of rotatable bonds is 8. The number of halogens is 1. The summed E-state index contributed by atoms with van der Waals surface area (Å²) in [6.07, 6.45) is 2.51. The van der Waals surface area contributed by atoms with Crippen molar-refractivity contribution in [3.8, 4) is 17.1 Å². The van der Waals surface area contributed by atoms with Gasteiger partial charge in [-0.1, -0.05) is 58.4 Å². The minimum Gasteiger partial charge on any atom is -0.484 e. The van der Waals surface area contributed by atoms with E-state index in [0.29, 0.717) is 22.3 Å². The zero-order valence-electron chi connectivity index (χ0n) is 19.8. The summed E-state index contributed by atoms with van der Waals surface area (Å²) in [5.41, 5.74) is 4.90. The number of benzene rings is 2. The number of hydrazone groups is 1. The summed E-state index contributed by atoms with van der Waals surface area (Å²) in [5.74, 6) is 1.50. The molecule has 0 spiro atoms. The van der Waals surface area contributed by atoms with Gasteiger partial charge < -0.3 is 9.15 Å². The van der Waals surface area contributed by atoms with E-state index in [1.807, 2.05) is 30.3 Å². The molecule has 1 N–H and O–H groups in total. The molecule has 3 aromatic rings. The van der Waals surface area contributed by atoms with E-state index in [9.17, 15) is 4.79 Å². The molecule has 33 heavy (non-hydrogen) atoms. The van der Waals surface area contributed by atoms with E-state index in [0.717, 1.165) is 12.0 Å². The molecular weight excluding hydrogens is 436 g/mol. The Kier molecular flexibility index (Phi) is 7.65. The quantitative estimate of drug-likeness (QED) is 0.292. The lowest BCUT2D eigenvalue weighted by atomic mass is 9.72. The van der Waals surface area contributed by atoms with E-state index in [-0.39, 0.29) is 23.3 Å². The largest absolute Gasteiger partial charge is 0.484 e. The minimum absolute atomic E-state index is 0.0577. The predicted octanol–water partition coefficient (Wildman–Crippen LogP) is 6.84. The van der Waals surface area contributed by atoms with E-state index >= 15 is 0 Å². The fourth-order valence-electron chi connectivity index (χ4n) is 3.97. The highest BCUT2D eigenvalue weighted by Gasteiger charge is 2.27. The SMILES string of the molecule is CC(C)(C)CC(C)(C)c1ccc(OCC(=O)N/N=C\c2ccc(-c3ccc(Cl)cc3)o2)cc1. The van der Waals surface area contributed by atoms with Crippen molar-refractivity contribution in [1.29, 1.82) is 0 Å². The Bertz CT molecular complexity index is 1090. The fraction of sp³-hybridized carbons (Fsp3) is 0.333. The number of amides is 1. The third-order valence-electron chi connectivity index (χ3n) is 5.11. The number of nitrogens with zero attached hydrogens (tertiary/aromatic N) is 1. The highest BCUT2D eigenvalue weighted by molar-refractivity contribution is 6.30. The van der Waals surface area contributed by atoms with Gasteiger partial charge >= 0.3 is 0 Å². The topological polar surface area (TPSA) is 63.8 Å². The Labute approximate surface area is 200 Å². The second kappa shape index (κ2) is 10.3. The molecule has 2 aromatic carbocycles. The maximum absolute atomic E-state index is 12.1. The van der Waals surface area contributed by atoms with Crippen molar-refractivity contribution in [2.75, 3.05) is 6.61 Å². The highest BCUT2D eigenvalue weighted by atomic mass is 35.5. The van der Waals surface area contributed by atoms with Crippen molar-refractivity contribution >= 4 is 23.7 Å². The number of hydrogen-bond donors (Lipinski definition) is 1. The number of furan rings is 1. The first-order chi connectivity index (χ1) is 15.5. The molecule has 0 aliphatic carbocycles. The maximum Gasteiger partial charge on any atom is 0.277 e. The molecule has 1 aromatic heterocycles. The van der Waals surface area contributed by atoms with Crippen molar-refractivity contribution in [2.45, 2.75) is 46.5 Å². The van der Waals surface area contributed by atoms with Crippen molar-refractivity contribution < 1.29 is 13.9 Å². The first kappa shape index (κ1) is 24.6. The van der Waals surface area contributed by atoms with Crippen molar-refractivity contribution in [2.24, 2.45) is 10.5 Å². The summed E-state index contributed by atoms with van der Waals surface area (Å²) in [7, 11) is 0. The molecule has 1 heterocycles. The lowest BCUT2D eigenvalue weighted by Crippen LogP contribution is -2.25. The molecule has 0 atom stereocenters. The molecule has 6 heteroatoms. The minimum atomic E-state index is -0.354. The van der Waals surface area contributed by atoms with Gasteiger partial charge in [-0.15, -0.1) is 0 Å². The maximum atomic E-state index is 12.1. The van der Waals surface area contributed by atoms with Gasteiger partial charge in [0.15, 0.2) is 6.61 Å². The van der Waals surface area contributed by atoms with Crippen LogP contribution in [-0.4, -0.2) is 18.7 Å². The Morgan fingerprint density at radius 3 is 2.30 bits per heavy atom. The van der Waals surface area contributed by atoms with Crippen molar-refractivity contribution in [1.82, 2.24) is 5.43 Å². The summed E-state index contributed by atoms with van der Waals surface area (Å²) in [6.45, 7) is 11.1. The van der Waals surface area contributed by atoms with Crippen molar-refractivity contribution in [3.05, 3.63) is 77.0 Å². The zero-order chi connectivity index (χ0) is 24.1. The molecule has 0 radical (unpaired) electrons. The second-order valence-corrected chi connectivity index (χ2v) is 10.4. The summed E-state index contributed by atoms with van der Waals surface area (Å²) < 4.78 is 11.3. The average Bonchev–Trinajstić information content (AvgIpc) is 3.20. The summed E-state index contributed by atoms with van der Waals surface area (Å²) >= 11 is 5.91. The third-order valence-corrected chi connectivity index (χ3v) is 5.37. The van der Waals surface area contributed by atoms with E-state index in [2.05, 4.69) is 57.3 Å². The molecular formula is C27H31ClN2O3. The third kappa shape index (κ3) is 7.50. The highest BCUT2D eigenvalue weighted by Crippen LogP contribution is 2.36. The van der Waals surface area contributed by atoms with E-state index in [1.165, 1.54) is 11.8 Å². The lowest BCUT2D eigenvalue weighted by Gasteiger charge is -2.33. The van der Waals surface area contributed by atoms with E-state index < -0.39 is 0 Å². The first-order valence-electron chi connectivity index (χ1n) is 10.9. The second-order valence-electron chi connectivity index (χ2n) is 9.94. The zero-order valence-corrected chi connectivity index (χ0v) is 20.6. The number of ether oxygens (including phenoxy) is 1. The van der Waals surface area contributed by atoms with Gasteiger partial charge in [-0.05, 0) is 71.3 Å². The fourth-order valence-corrected chi connectivity index (χ4v) is 4.10. The number of carbonyl (C=O) groups excluding carboxylic acids is 1. The van der Waals surface area contributed by atoms with Crippen LogP contribution < -0.4 is 10.2 Å². The summed E-state index contributed by atoms with van der Waals surface area (Å²) in [6, 6.07) is 18.9. The van der Waals surface area contributed by atoms with Gasteiger partial charge in [0.25, 0.3) is 5.91 Å². The monoisotopic (exact) mass is 466 g/mol. The molecule has 1 amide bonds. The predicted molar refractivity (Wildman–Crippen MR) is 134 cm³/mol. The smallest absolute Gasteiger partial charge is 0.277 e. The molecule has 0 aliphatic rings. The Hall–Kier alpha value is -3.05. The summed E-state index contributed by atoms with van der Waals surface area (Å²) in [4.78, 5) is 12.1. The lowest BCUT2D eigenvalue weighted by molar-refractivity contribution is -0.123. The number of carbonyl (C=O) groups is 1. The number of nitrogens with one attached hydrogen (secondary N) is 1. The van der Waals surface area contributed by atoms with Gasteiger partial charge in [0, 0.05) is 10.6 Å². The van der Waals surface area contributed by atoms with E-state index in [4.69, 9.17) is 20.8 Å². The van der Waals surface area contributed by atoms with Crippen LogP contribution in [0.1, 0.15) is 52.4 Å². The van der Waals surface area contributed by atoms with Gasteiger partial charge in [0.05, 0.1) is 6.21 Å². The van der Waals surface area contributed by atoms with Gasteiger partial charge in [0.1, 0.15) is 17.3 Å². The van der Waals surface area contributed by atoms with Crippen LogP contribution in [0.3, 0.4) is 0 Å². The van der Waals surface area contributed by atoms with Crippen LogP contribution in [0.4, 0.5) is 0 Å². The molecule has 174 valence electrons. The molecule has 0 saturated heterocycles. The van der Waals surface area contributed by atoms with Crippen LogP contribution >= 0.6 is 11.6 Å². The van der Waals surface area contributed by atoms with Gasteiger partial charge in [-0.3, -0.25) is 4.79 Å². The molecule has 0 saturated carbocycles. The molecule has 0 bridgehead atoms. The van der Waals surface area contributed by atoms with Crippen molar-refractivity contribution in [3.63, 3.8) is 0 Å². The van der Waals surface area contributed by atoms with Crippen LogP contribution in [0.25, 0.3) is 11.3 Å². The Morgan fingerprint density at radius 1 is 1.00 bits per heavy atom. The average molecular weight is 467 g/mol.